The van der Waals surface area contributed by atoms with Crippen LogP contribution in [-0.4, -0.2) is 23.9 Å². The average Bonchev–Trinajstić information content (AvgIpc) is 3.23. The Kier molecular flexibility index (Phi) is 3.37. The Hall–Kier alpha value is -2.29. The second kappa shape index (κ2) is 5.62. The molecule has 0 radical (unpaired) electrons. The molecule has 2 aromatic carbocycles. The molecule has 1 saturated heterocycles. The Bertz CT molecular complexity index is 844. The lowest BCUT2D eigenvalue weighted by Crippen LogP contribution is -2.39. The van der Waals surface area contributed by atoms with Gasteiger partial charge in [-0.05, 0) is 42.9 Å². The maximum atomic E-state index is 12.5. The van der Waals surface area contributed by atoms with Gasteiger partial charge in [-0.1, -0.05) is 48.0 Å². The second-order valence-corrected chi connectivity index (χ2v) is 7.67. The molecule has 1 amide bonds. The van der Waals surface area contributed by atoms with Crippen LogP contribution in [0.4, 0.5) is 5.69 Å². The molecule has 2 atom stereocenters. The number of nitrogens with zero attached hydrogens (tertiary/aromatic N) is 2. The zero-order valence-electron chi connectivity index (χ0n) is 14.7. The number of amides is 1. The second-order valence-electron chi connectivity index (χ2n) is 7.67. The lowest BCUT2D eigenvalue weighted by molar-refractivity contribution is -0.130. The van der Waals surface area contributed by atoms with Crippen LogP contribution in [0.2, 0.25) is 0 Å². The van der Waals surface area contributed by atoms with Crippen LogP contribution in [0.1, 0.15) is 53.6 Å². The minimum absolute atomic E-state index is 0.227. The van der Waals surface area contributed by atoms with Crippen molar-refractivity contribution in [3.63, 3.8) is 0 Å². The van der Waals surface area contributed by atoms with Crippen LogP contribution in [0.15, 0.2) is 42.5 Å². The van der Waals surface area contributed by atoms with Crippen molar-refractivity contribution in [1.82, 2.24) is 4.90 Å². The fraction of sp³-hybridized carbons (Fsp3) is 0.409. The molecule has 0 bridgehead atoms. The van der Waals surface area contributed by atoms with Gasteiger partial charge in [0.25, 0.3) is 0 Å². The van der Waals surface area contributed by atoms with E-state index in [0.717, 1.165) is 32.4 Å². The largest absolute Gasteiger partial charge is 0.364 e. The third kappa shape index (κ3) is 2.29. The maximum absolute atomic E-state index is 12.5. The van der Waals surface area contributed by atoms with Crippen LogP contribution in [0, 0.1) is 6.92 Å². The van der Waals surface area contributed by atoms with Gasteiger partial charge in [0.15, 0.2) is 0 Å². The van der Waals surface area contributed by atoms with Crippen LogP contribution >= 0.6 is 0 Å². The van der Waals surface area contributed by atoms with Crippen LogP contribution in [0.25, 0.3) is 0 Å². The number of likely N-dealkylation sites (tertiary alicyclic amines) is 1. The summed E-state index contributed by atoms with van der Waals surface area (Å²) < 4.78 is 0. The van der Waals surface area contributed by atoms with Gasteiger partial charge in [-0.15, -0.1) is 0 Å². The van der Waals surface area contributed by atoms with Gasteiger partial charge in [0, 0.05) is 25.2 Å². The Morgan fingerprint density at radius 1 is 0.960 bits per heavy atom. The number of carbonyl (C=O) groups is 1. The summed E-state index contributed by atoms with van der Waals surface area (Å²) in [5.74, 6) is 0.331. The normalized spacial score (nSPS) is 24.8. The summed E-state index contributed by atoms with van der Waals surface area (Å²) in [6.07, 6.45) is 3.84. The molecule has 128 valence electrons. The van der Waals surface area contributed by atoms with Gasteiger partial charge in [-0.2, -0.15) is 0 Å². The quantitative estimate of drug-likeness (QED) is 0.824. The van der Waals surface area contributed by atoms with E-state index in [0.29, 0.717) is 18.4 Å². The van der Waals surface area contributed by atoms with E-state index in [4.69, 9.17) is 0 Å². The SMILES string of the molecule is Cc1cccc(C2CC(N3CCCC3=O)c3cccc4c3N2CC4)c1. The van der Waals surface area contributed by atoms with E-state index >= 15 is 0 Å². The van der Waals surface area contributed by atoms with Crippen molar-refractivity contribution >= 4 is 11.6 Å². The van der Waals surface area contributed by atoms with Gasteiger partial charge in [-0.3, -0.25) is 4.79 Å². The van der Waals surface area contributed by atoms with Crippen molar-refractivity contribution in [2.24, 2.45) is 0 Å². The summed E-state index contributed by atoms with van der Waals surface area (Å²) in [5, 5.41) is 0. The molecule has 2 aromatic rings. The lowest BCUT2D eigenvalue weighted by atomic mass is 9.86. The van der Waals surface area contributed by atoms with Crippen molar-refractivity contribution < 1.29 is 4.79 Å². The monoisotopic (exact) mass is 332 g/mol. The van der Waals surface area contributed by atoms with Crippen molar-refractivity contribution in [1.29, 1.82) is 0 Å². The third-order valence-electron chi connectivity index (χ3n) is 6.15. The van der Waals surface area contributed by atoms with Crippen molar-refractivity contribution in [3.05, 3.63) is 64.7 Å². The molecule has 1 fully saturated rings. The smallest absolute Gasteiger partial charge is 0.223 e. The first-order valence-corrected chi connectivity index (χ1v) is 9.47. The summed E-state index contributed by atoms with van der Waals surface area (Å²) in [7, 11) is 0. The first-order chi connectivity index (χ1) is 12.2. The number of anilines is 1. The number of para-hydroxylation sites is 1. The van der Waals surface area contributed by atoms with Gasteiger partial charge < -0.3 is 9.80 Å². The molecular weight excluding hydrogens is 308 g/mol. The molecule has 5 rings (SSSR count). The number of aryl methyl sites for hydroxylation is 1. The van der Waals surface area contributed by atoms with E-state index in [1.807, 2.05) is 0 Å². The number of carbonyl (C=O) groups excluding carboxylic acids is 1. The molecule has 0 aliphatic carbocycles. The molecule has 0 spiro atoms. The van der Waals surface area contributed by atoms with E-state index < -0.39 is 0 Å². The predicted octanol–water partition coefficient (Wildman–Crippen LogP) is 4.17. The average molecular weight is 332 g/mol. The molecule has 0 N–H and O–H groups in total. The summed E-state index contributed by atoms with van der Waals surface area (Å²) >= 11 is 0. The molecule has 3 nitrogen and oxygen atoms in total. The molecule has 3 heteroatoms. The van der Waals surface area contributed by atoms with Crippen LogP contribution in [-0.2, 0) is 11.2 Å². The highest BCUT2D eigenvalue weighted by Crippen LogP contribution is 2.50. The molecule has 3 heterocycles. The highest BCUT2D eigenvalue weighted by atomic mass is 16.2. The summed E-state index contributed by atoms with van der Waals surface area (Å²) in [6, 6.07) is 16.2. The molecule has 0 aromatic heterocycles. The fourth-order valence-corrected chi connectivity index (χ4v) is 5.05. The van der Waals surface area contributed by atoms with Gasteiger partial charge in [0.05, 0.1) is 12.1 Å². The van der Waals surface area contributed by atoms with E-state index in [9.17, 15) is 4.79 Å². The highest BCUT2D eigenvalue weighted by Gasteiger charge is 2.41. The van der Waals surface area contributed by atoms with Crippen molar-refractivity contribution in [3.8, 4) is 0 Å². The number of rotatable bonds is 2. The summed E-state index contributed by atoms with van der Waals surface area (Å²) in [4.78, 5) is 17.2. The standard InChI is InChI=1S/C22H24N2O/c1-15-5-2-7-17(13-15)19-14-20(23-11-4-9-21(23)25)18-8-3-6-16-10-12-24(19)22(16)18/h2-3,5-8,13,19-20H,4,9-12,14H2,1H3. The van der Waals surface area contributed by atoms with Gasteiger partial charge in [-0.25, -0.2) is 0 Å². The summed E-state index contributed by atoms with van der Waals surface area (Å²) in [5.41, 5.74) is 6.93. The lowest BCUT2D eigenvalue weighted by Gasteiger charge is -2.43. The topological polar surface area (TPSA) is 23.6 Å². The van der Waals surface area contributed by atoms with E-state index in [1.165, 1.54) is 27.9 Å². The first-order valence-electron chi connectivity index (χ1n) is 9.47. The van der Waals surface area contributed by atoms with Crippen molar-refractivity contribution in [2.45, 2.75) is 44.7 Å². The summed E-state index contributed by atoms with van der Waals surface area (Å²) in [6.45, 7) is 4.16. The molecule has 3 aliphatic heterocycles. The molecule has 0 saturated carbocycles. The number of hydrogen-bond acceptors (Lipinski definition) is 2. The van der Waals surface area contributed by atoms with Crippen LogP contribution in [0.5, 0.6) is 0 Å². The Morgan fingerprint density at radius 3 is 2.64 bits per heavy atom. The van der Waals surface area contributed by atoms with E-state index in [1.54, 1.807) is 0 Å². The zero-order chi connectivity index (χ0) is 17.0. The van der Waals surface area contributed by atoms with Crippen molar-refractivity contribution in [2.75, 3.05) is 18.0 Å². The van der Waals surface area contributed by atoms with E-state index in [-0.39, 0.29) is 6.04 Å². The maximum Gasteiger partial charge on any atom is 0.223 e. The number of hydrogen-bond donors (Lipinski definition) is 0. The zero-order valence-corrected chi connectivity index (χ0v) is 14.7. The third-order valence-corrected chi connectivity index (χ3v) is 6.15. The number of benzene rings is 2. The molecular formula is C22H24N2O. The highest BCUT2D eigenvalue weighted by molar-refractivity contribution is 5.80. The molecule has 3 aliphatic rings. The van der Waals surface area contributed by atoms with Gasteiger partial charge >= 0.3 is 0 Å². The fourth-order valence-electron chi connectivity index (χ4n) is 5.05. The minimum atomic E-state index is 0.227. The Balaban J connectivity index is 1.63. The van der Waals surface area contributed by atoms with Gasteiger partial charge in [0.1, 0.15) is 0 Å². The molecule has 2 unspecified atom stereocenters. The predicted molar refractivity (Wildman–Crippen MR) is 99.7 cm³/mol. The Morgan fingerprint density at radius 2 is 1.84 bits per heavy atom. The van der Waals surface area contributed by atoms with Crippen LogP contribution in [0.3, 0.4) is 0 Å². The van der Waals surface area contributed by atoms with Gasteiger partial charge in [0.2, 0.25) is 5.91 Å². The van der Waals surface area contributed by atoms with Crippen LogP contribution < -0.4 is 4.90 Å². The Labute approximate surface area is 149 Å². The van der Waals surface area contributed by atoms with E-state index in [2.05, 4.69) is 59.2 Å². The minimum Gasteiger partial charge on any atom is -0.364 e. The first kappa shape index (κ1) is 15.0. The molecule has 25 heavy (non-hydrogen) atoms.